The van der Waals surface area contributed by atoms with Crippen LogP contribution in [0.15, 0.2) is 33.3 Å². The maximum atomic E-state index is 12.9. The van der Waals surface area contributed by atoms with Crippen molar-refractivity contribution in [1.82, 2.24) is 5.16 Å². The number of hydrogen-bond donors (Lipinski definition) is 1. The van der Waals surface area contributed by atoms with Crippen LogP contribution in [0.3, 0.4) is 0 Å². The Morgan fingerprint density at radius 3 is 2.53 bits per heavy atom. The van der Waals surface area contributed by atoms with Crippen molar-refractivity contribution in [3.63, 3.8) is 0 Å². The van der Waals surface area contributed by atoms with E-state index in [9.17, 15) is 18.0 Å². The van der Waals surface area contributed by atoms with Gasteiger partial charge >= 0.3 is 12.1 Å². The molecule has 19 heavy (non-hydrogen) atoms. The minimum atomic E-state index is -4.59. The van der Waals surface area contributed by atoms with Crippen LogP contribution in [0.5, 0.6) is 0 Å². The highest BCUT2D eigenvalue weighted by Gasteiger charge is 2.35. The Kier molecular flexibility index (Phi) is 3.36. The van der Waals surface area contributed by atoms with E-state index in [-0.39, 0.29) is 15.8 Å². The lowest BCUT2D eigenvalue weighted by molar-refractivity contribution is -0.137. The van der Waals surface area contributed by atoms with Crippen LogP contribution in [-0.2, 0) is 6.18 Å². The Labute approximate surface area is 113 Å². The molecule has 0 atom stereocenters. The van der Waals surface area contributed by atoms with Crippen LogP contribution < -0.4 is 0 Å². The second kappa shape index (κ2) is 4.69. The van der Waals surface area contributed by atoms with Gasteiger partial charge in [-0.05, 0) is 18.2 Å². The molecule has 0 aliphatic heterocycles. The van der Waals surface area contributed by atoms with Crippen molar-refractivity contribution in [2.45, 2.75) is 6.18 Å². The number of nitrogens with zero attached hydrogens (tertiary/aromatic N) is 1. The molecule has 0 unspecified atom stereocenters. The Balaban J connectivity index is 2.58. The van der Waals surface area contributed by atoms with Crippen LogP contribution in [-0.4, -0.2) is 16.2 Å². The lowest BCUT2D eigenvalue weighted by Crippen LogP contribution is -2.07. The molecule has 0 amide bonds. The smallest absolute Gasteiger partial charge is 0.417 e. The molecule has 0 aliphatic carbocycles. The topological polar surface area (TPSA) is 63.3 Å². The van der Waals surface area contributed by atoms with Crippen molar-refractivity contribution in [1.29, 1.82) is 0 Å². The van der Waals surface area contributed by atoms with Gasteiger partial charge in [-0.15, -0.1) is 0 Å². The van der Waals surface area contributed by atoms with Gasteiger partial charge in [0.25, 0.3) is 0 Å². The molecule has 2 rings (SSSR count). The minimum Gasteiger partial charge on any atom is -0.476 e. The van der Waals surface area contributed by atoms with E-state index in [2.05, 4.69) is 25.6 Å². The summed E-state index contributed by atoms with van der Waals surface area (Å²) < 4.78 is 43.5. The summed E-state index contributed by atoms with van der Waals surface area (Å²) in [6.07, 6.45) is -4.59. The number of aromatic carboxylic acids is 1. The average molecular weight is 336 g/mol. The molecule has 1 heterocycles. The number of carboxylic acids is 1. The van der Waals surface area contributed by atoms with Gasteiger partial charge in [0.15, 0.2) is 11.5 Å². The molecule has 1 aromatic carbocycles. The van der Waals surface area contributed by atoms with Gasteiger partial charge in [-0.3, -0.25) is 0 Å². The monoisotopic (exact) mass is 335 g/mol. The Morgan fingerprint density at radius 1 is 1.32 bits per heavy atom. The molecule has 2 aromatic rings. The van der Waals surface area contributed by atoms with E-state index in [0.29, 0.717) is 0 Å². The molecule has 4 nitrogen and oxygen atoms in total. The van der Waals surface area contributed by atoms with Crippen molar-refractivity contribution >= 4 is 21.9 Å². The second-order valence-corrected chi connectivity index (χ2v) is 4.48. The van der Waals surface area contributed by atoms with Crippen LogP contribution in [0.1, 0.15) is 16.1 Å². The van der Waals surface area contributed by atoms with E-state index < -0.39 is 23.4 Å². The zero-order valence-electron chi connectivity index (χ0n) is 9.03. The molecular weight excluding hydrogens is 331 g/mol. The normalized spacial score (nSPS) is 11.6. The largest absolute Gasteiger partial charge is 0.476 e. The number of rotatable bonds is 2. The van der Waals surface area contributed by atoms with Gasteiger partial charge in [-0.1, -0.05) is 21.1 Å². The quantitative estimate of drug-likeness (QED) is 0.906. The molecule has 0 bridgehead atoms. The average Bonchev–Trinajstić information content (AvgIpc) is 2.77. The summed E-state index contributed by atoms with van der Waals surface area (Å²) in [5.41, 5.74) is -1.66. The summed E-state index contributed by atoms with van der Waals surface area (Å²) >= 11 is 2.95. The summed E-state index contributed by atoms with van der Waals surface area (Å²) in [5, 5.41) is 11.9. The minimum absolute atomic E-state index is 0.251. The number of alkyl halides is 3. The van der Waals surface area contributed by atoms with Gasteiger partial charge in [-0.2, -0.15) is 13.2 Å². The van der Waals surface area contributed by atoms with Crippen molar-refractivity contribution in [3.05, 3.63) is 40.0 Å². The number of carbonyl (C=O) groups is 1. The van der Waals surface area contributed by atoms with Gasteiger partial charge in [0.05, 0.1) is 5.56 Å². The number of aromatic nitrogens is 1. The molecule has 0 saturated heterocycles. The number of carboxylic acid groups (broad SMARTS) is 1. The maximum absolute atomic E-state index is 12.9. The fourth-order valence-electron chi connectivity index (χ4n) is 1.47. The molecule has 0 aliphatic rings. The predicted molar refractivity (Wildman–Crippen MR) is 61.6 cm³/mol. The van der Waals surface area contributed by atoms with Crippen molar-refractivity contribution < 1.29 is 27.6 Å². The molecule has 0 fully saturated rings. The van der Waals surface area contributed by atoms with E-state index in [1.165, 1.54) is 12.1 Å². The van der Waals surface area contributed by atoms with E-state index in [0.717, 1.165) is 12.1 Å². The zero-order valence-corrected chi connectivity index (χ0v) is 10.6. The second-order valence-electron chi connectivity index (χ2n) is 3.57. The van der Waals surface area contributed by atoms with Gasteiger partial charge in [0, 0.05) is 16.1 Å². The van der Waals surface area contributed by atoms with Crippen molar-refractivity contribution in [3.8, 4) is 11.3 Å². The van der Waals surface area contributed by atoms with Crippen LogP contribution >= 0.6 is 15.9 Å². The maximum Gasteiger partial charge on any atom is 0.417 e. The number of hydrogen-bond acceptors (Lipinski definition) is 3. The summed E-state index contributed by atoms with van der Waals surface area (Å²) in [7, 11) is 0. The van der Waals surface area contributed by atoms with Crippen LogP contribution in [0.4, 0.5) is 13.2 Å². The summed E-state index contributed by atoms with van der Waals surface area (Å²) in [6.45, 7) is 0. The summed E-state index contributed by atoms with van der Waals surface area (Å²) in [5.74, 6) is -1.63. The molecule has 0 saturated carbocycles. The van der Waals surface area contributed by atoms with Gasteiger partial charge < -0.3 is 9.63 Å². The van der Waals surface area contributed by atoms with Gasteiger partial charge in [0.2, 0.25) is 0 Å². The molecule has 1 N–H and O–H groups in total. The SMILES string of the molecule is O=C(O)c1cc(-c2ccc(Br)cc2C(F)(F)F)on1. The van der Waals surface area contributed by atoms with E-state index >= 15 is 0 Å². The van der Waals surface area contributed by atoms with Gasteiger partial charge in [0.1, 0.15) is 0 Å². The molecular formula is C11H5BrF3NO3. The molecule has 8 heteroatoms. The van der Waals surface area contributed by atoms with E-state index in [4.69, 9.17) is 5.11 Å². The van der Waals surface area contributed by atoms with Crippen LogP contribution in [0.2, 0.25) is 0 Å². The lowest BCUT2D eigenvalue weighted by atomic mass is 10.0. The Bertz CT molecular complexity index is 636. The highest BCUT2D eigenvalue weighted by atomic mass is 79.9. The first-order valence-electron chi connectivity index (χ1n) is 4.86. The third-order valence-corrected chi connectivity index (χ3v) is 2.77. The standard InChI is InChI=1S/C11H5BrF3NO3/c12-5-1-2-6(7(3-5)11(13,14)15)9-4-8(10(17)18)16-19-9/h1-4H,(H,17,18). The fourth-order valence-corrected chi connectivity index (χ4v) is 1.83. The first kappa shape index (κ1) is 13.6. The fraction of sp³-hybridized carbons (Fsp3) is 0.0909. The van der Waals surface area contributed by atoms with E-state index in [1.54, 1.807) is 0 Å². The predicted octanol–water partition coefficient (Wildman–Crippen LogP) is 3.82. The highest BCUT2D eigenvalue weighted by molar-refractivity contribution is 9.10. The summed E-state index contributed by atoms with van der Waals surface area (Å²) in [4.78, 5) is 10.6. The van der Waals surface area contributed by atoms with Crippen molar-refractivity contribution in [2.24, 2.45) is 0 Å². The third-order valence-electron chi connectivity index (χ3n) is 2.28. The van der Waals surface area contributed by atoms with E-state index in [1.807, 2.05) is 0 Å². The van der Waals surface area contributed by atoms with Gasteiger partial charge in [-0.25, -0.2) is 4.79 Å². The molecule has 0 spiro atoms. The molecule has 1 aromatic heterocycles. The van der Waals surface area contributed by atoms with Crippen LogP contribution in [0, 0.1) is 0 Å². The Morgan fingerprint density at radius 2 is 2.00 bits per heavy atom. The van der Waals surface area contributed by atoms with Crippen LogP contribution in [0.25, 0.3) is 11.3 Å². The summed E-state index contributed by atoms with van der Waals surface area (Å²) in [6, 6.07) is 4.41. The highest BCUT2D eigenvalue weighted by Crippen LogP contribution is 2.38. The first-order chi connectivity index (χ1) is 8.79. The lowest BCUT2D eigenvalue weighted by Gasteiger charge is -2.11. The number of benzene rings is 1. The molecule has 0 radical (unpaired) electrons. The Hall–Kier alpha value is -1.83. The van der Waals surface area contributed by atoms with Crippen molar-refractivity contribution in [2.75, 3.05) is 0 Å². The molecule has 100 valence electrons. The zero-order chi connectivity index (χ0) is 14.2. The third kappa shape index (κ3) is 2.78. The number of halogens is 4. The first-order valence-corrected chi connectivity index (χ1v) is 5.65.